The molecule has 0 aliphatic heterocycles. The quantitative estimate of drug-likeness (QED) is 0.568. The van der Waals surface area contributed by atoms with Crippen molar-refractivity contribution in [2.45, 2.75) is 12.6 Å². The van der Waals surface area contributed by atoms with Crippen molar-refractivity contribution in [1.29, 1.82) is 0 Å². The maximum atomic E-state index is 12.8. The van der Waals surface area contributed by atoms with E-state index < -0.39 is 24.3 Å². The summed E-state index contributed by atoms with van der Waals surface area (Å²) < 4.78 is 48.9. The third kappa shape index (κ3) is 5.76. The second-order valence-electron chi connectivity index (χ2n) is 6.55. The monoisotopic (exact) mass is 415 g/mol. The molecule has 0 saturated heterocycles. The molecule has 0 aliphatic carbocycles. The Balaban J connectivity index is 1.64. The van der Waals surface area contributed by atoms with Gasteiger partial charge in [-0.25, -0.2) is 0 Å². The third-order valence-electron chi connectivity index (χ3n) is 4.33. The fourth-order valence-electron chi connectivity index (χ4n) is 2.92. The smallest absolute Gasteiger partial charge is 0.416 e. The number of anilines is 1. The molecule has 156 valence electrons. The summed E-state index contributed by atoms with van der Waals surface area (Å²) in [6.07, 6.45) is -3.85. The normalized spacial score (nSPS) is 11.1. The molecule has 0 spiro atoms. The molecule has 0 aliphatic rings. The van der Waals surface area contributed by atoms with E-state index >= 15 is 0 Å². The van der Waals surface area contributed by atoms with Crippen LogP contribution in [0.4, 0.5) is 18.9 Å². The molecule has 3 rings (SSSR count). The lowest BCUT2D eigenvalue weighted by Gasteiger charge is -2.13. The van der Waals surface area contributed by atoms with Gasteiger partial charge in [0.05, 0.1) is 12.7 Å². The van der Waals surface area contributed by atoms with E-state index in [9.17, 15) is 18.0 Å². The highest BCUT2D eigenvalue weighted by Gasteiger charge is 2.30. The van der Waals surface area contributed by atoms with Crippen molar-refractivity contribution in [3.63, 3.8) is 0 Å². The average Bonchev–Trinajstić information content (AvgIpc) is 2.73. The zero-order chi connectivity index (χ0) is 21.6. The minimum atomic E-state index is -4.47. The summed E-state index contributed by atoms with van der Waals surface area (Å²) in [5, 5.41) is 2.69. The number of carbonyl (C=O) groups is 1. The fourth-order valence-corrected chi connectivity index (χ4v) is 2.92. The van der Waals surface area contributed by atoms with Gasteiger partial charge in [0.1, 0.15) is 11.5 Å². The maximum Gasteiger partial charge on any atom is 0.416 e. The molecular formula is C23H20F3NO3. The lowest BCUT2D eigenvalue weighted by Crippen LogP contribution is -2.20. The Kier molecular flexibility index (Phi) is 6.61. The van der Waals surface area contributed by atoms with Gasteiger partial charge in [-0.1, -0.05) is 36.4 Å². The predicted molar refractivity (Wildman–Crippen MR) is 108 cm³/mol. The standard InChI is InChI=1S/C23H20F3NO3/c1-29-21-11-10-19(13-17(21)12-16-6-3-2-4-7-16)27-22(28)15-30-20-9-5-8-18(14-20)23(24,25)26/h2-11,13-14H,12,15H2,1H3,(H,27,28). The molecule has 0 bridgehead atoms. The van der Waals surface area contributed by atoms with Crippen LogP contribution in [0.5, 0.6) is 11.5 Å². The Morgan fingerprint density at radius 2 is 1.73 bits per heavy atom. The van der Waals surface area contributed by atoms with Crippen LogP contribution in [0, 0.1) is 0 Å². The summed E-state index contributed by atoms with van der Waals surface area (Å²) in [5.74, 6) is 0.180. The van der Waals surface area contributed by atoms with Gasteiger partial charge in [0, 0.05) is 17.7 Å². The van der Waals surface area contributed by atoms with Crippen LogP contribution in [0.1, 0.15) is 16.7 Å². The van der Waals surface area contributed by atoms with Crippen molar-refractivity contribution in [2.75, 3.05) is 19.0 Å². The number of hydrogen-bond donors (Lipinski definition) is 1. The Hall–Kier alpha value is -3.48. The van der Waals surface area contributed by atoms with Gasteiger partial charge < -0.3 is 14.8 Å². The minimum absolute atomic E-state index is 0.0283. The highest BCUT2D eigenvalue weighted by Crippen LogP contribution is 2.31. The number of halogens is 3. The molecule has 30 heavy (non-hydrogen) atoms. The second kappa shape index (κ2) is 9.35. The predicted octanol–water partition coefficient (Wildman–Crippen LogP) is 5.32. The summed E-state index contributed by atoms with van der Waals surface area (Å²) in [7, 11) is 1.57. The molecule has 1 N–H and O–H groups in total. The molecule has 0 radical (unpaired) electrons. The van der Waals surface area contributed by atoms with Crippen molar-refractivity contribution >= 4 is 11.6 Å². The highest BCUT2D eigenvalue weighted by atomic mass is 19.4. The Morgan fingerprint density at radius 1 is 0.967 bits per heavy atom. The Bertz CT molecular complexity index is 1000. The first kappa shape index (κ1) is 21.2. The van der Waals surface area contributed by atoms with E-state index in [1.54, 1.807) is 25.3 Å². The Labute approximate surface area is 172 Å². The summed E-state index contributed by atoms with van der Waals surface area (Å²) in [5.41, 5.74) is 1.69. The van der Waals surface area contributed by atoms with E-state index in [4.69, 9.17) is 9.47 Å². The lowest BCUT2D eigenvalue weighted by molar-refractivity contribution is -0.137. The van der Waals surface area contributed by atoms with Gasteiger partial charge in [0.25, 0.3) is 5.91 Å². The number of carbonyl (C=O) groups excluding carboxylic acids is 1. The lowest BCUT2D eigenvalue weighted by atomic mass is 10.0. The summed E-state index contributed by atoms with van der Waals surface area (Å²) >= 11 is 0. The number of amides is 1. The van der Waals surface area contributed by atoms with Gasteiger partial charge in [0.2, 0.25) is 0 Å². The molecule has 7 heteroatoms. The third-order valence-corrected chi connectivity index (χ3v) is 4.33. The van der Waals surface area contributed by atoms with Crippen molar-refractivity contribution in [1.82, 2.24) is 0 Å². The molecule has 0 aromatic heterocycles. The molecular weight excluding hydrogens is 395 g/mol. The number of ether oxygens (including phenoxy) is 2. The number of alkyl halides is 3. The second-order valence-corrected chi connectivity index (χ2v) is 6.55. The van der Waals surface area contributed by atoms with Crippen molar-refractivity contribution in [2.24, 2.45) is 0 Å². The van der Waals surface area contributed by atoms with E-state index in [1.807, 2.05) is 30.3 Å². The van der Waals surface area contributed by atoms with Crippen LogP contribution < -0.4 is 14.8 Å². The first-order valence-corrected chi connectivity index (χ1v) is 9.16. The largest absolute Gasteiger partial charge is 0.496 e. The van der Waals surface area contributed by atoms with E-state index in [0.29, 0.717) is 17.9 Å². The number of hydrogen-bond acceptors (Lipinski definition) is 3. The van der Waals surface area contributed by atoms with Gasteiger partial charge in [-0.15, -0.1) is 0 Å². The molecule has 0 fully saturated rings. The molecule has 0 unspecified atom stereocenters. The van der Waals surface area contributed by atoms with E-state index in [-0.39, 0.29) is 5.75 Å². The molecule has 4 nitrogen and oxygen atoms in total. The van der Waals surface area contributed by atoms with Crippen molar-refractivity contribution < 1.29 is 27.4 Å². The summed E-state index contributed by atoms with van der Waals surface area (Å²) in [4.78, 5) is 12.2. The zero-order valence-electron chi connectivity index (χ0n) is 16.2. The van der Waals surface area contributed by atoms with Crippen LogP contribution in [-0.2, 0) is 17.4 Å². The molecule has 0 saturated carbocycles. The van der Waals surface area contributed by atoms with Crippen LogP contribution in [0.2, 0.25) is 0 Å². The molecule has 3 aromatic carbocycles. The van der Waals surface area contributed by atoms with Gasteiger partial charge in [-0.3, -0.25) is 4.79 Å². The SMILES string of the molecule is COc1ccc(NC(=O)COc2cccc(C(F)(F)F)c2)cc1Cc1ccccc1. The van der Waals surface area contributed by atoms with E-state index in [1.165, 1.54) is 12.1 Å². The fraction of sp³-hybridized carbons (Fsp3) is 0.174. The summed E-state index contributed by atoms with van der Waals surface area (Å²) in [6.45, 7) is -0.415. The van der Waals surface area contributed by atoms with Gasteiger partial charge >= 0.3 is 6.18 Å². The van der Waals surface area contributed by atoms with Gasteiger partial charge in [0.15, 0.2) is 6.61 Å². The minimum Gasteiger partial charge on any atom is -0.496 e. The van der Waals surface area contributed by atoms with Gasteiger partial charge in [-0.05, 0) is 42.0 Å². The topological polar surface area (TPSA) is 47.6 Å². The van der Waals surface area contributed by atoms with Crippen LogP contribution in [0.3, 0.4) is 0 Å². The van der Waals surface area contributed by atoms with Gasteiger partial charge in [-0.2, -0.15) is 13.2 Å². The number of methoxy groups -OCH3 is 1. The Morgan fingerprint density at radius 3 is 2.43 bits per heavy atom. The summed E-state index contributed by atoms with van der Waals surface area (Å²) in [6, 6.07) is 19.4. The highest BCUT2D eigenvalue weighted by molar-refractivity contribution is 5.92. The molecule has 0 heterocycles. The number of benzene rings is 3. The van der Waals surface area contributed by atoms with E-state index in [2.05, 4.69) is 5.32 Å². The van der Waals surface area contributed by atoms with Crippen molar-refractivity contribution in [3.05, 3.63) is 89.5 Å². The first-order valence-electron chi connectivity index (χ1n) is 9.16. The molecule has 3 aromatic rings. The van der Waals surface area contributed by atoms with Crippen LogP contribution in [0.25, 0.3) is 0 Å². The number of rotatable bonds is 7. The van der Waals surface area contributed by atoms with Crippen LogP contribution in [0.15, 0.2) is 72.8 Å². The molecule has 0 atom stereocenters. The zero-order valence-corrected chi connectivity index (χ0v) is 16.2. The average molecular weight is 415 g/mol. The maximum absolute atomic E-state index is 12.8. The van der Waals surface area contributed by atoms with Crippen molar-refractivity contribution in [3.8, 4) is 11.5 Å². The number of nitrogens with one attached hydrogen (secondary N) is 1. The van der Waals surface area contributed by atoms with Crippen LogP contribution in [-0.4, -0.2) is 19.6 Å². The van der Waals surface area contributed by atoms with E-state index in [0.717, 1.165) is 23.3 Å². The van der Waals surface area contributed by atoms with Crippen LogP contribution >= 0.6 is 0 Å². The molecule has 1 amide bonds. The first-order chi connectivity index (χ1) is 14.3.